The Kier molecular flexibility index (Phi) is 5.63. The first-order valence-electron chi connectivity index (χ1n) is 7.27. The van der Waals surface area contributed by atoms with Gasteiger partial charge < -0.3 is 15.7 Å². The second kappa shape index (κ2) is 6.78. The average molecular weight is 270 g/mol. The summed E-state index contributed by atoms with van der Waals surface area (Å²) < 4.78 is 0. The van der Waals surface area contributed by atoms with Crippen LogP contribution in [-0.4, -0.2) is 28.7 Å². The topological polar surface area (TPSA) is 78.4 Å². The van der Waals surface area contributed by atoms with Crippen molar-refractivity contribution in [1.29, 1.82) is 0 Å². The Labute approximate surface area is 115 Å². The van der Waals surface area contributed by atoms with Crippen LogP contribution >= 0.6 is 0 Å². The molecule has 1 aliphatic carbocycles. The van der Waals surface area contributed by atoms with E-state index in [-0.39, 0.29) is 12.1 Å². The van der Waals surface area contributed by atoms with Gasteiger partial charge in [0.15, 0.2) is 0 Å². The van der Waals surface area contributed by atoms with Crippen molar-refractivity contribution >= 4 is 12.0 Å². The molecule has 1 saturated carbocycles. The predicted molar refractivity (Wildman–Crippen MR) is 74.0 cm³/mol. The summed E-state index contributed by atoms with van der Waals surface area (Å²) in [6.07, 6.45) is 5.20. The molecule has 0 heterocycles. The van der Waals surface area contributed by atoms with Crippen LogP contribution in [0, 0.1) is 5.92 Å². The zero-order valence-electron chi connectivity index (χ0n) is 12.2. The van der Waals surface area contributed by atoms with Crippen molar-refractivity contribution in [2.75, 3.05) is 0 Å². The molecule has 110 valence electrons. The van der Waals surface area contributed by atoms with Crippen molar-refractivity contribution in [2.45, 2.75) is 70.9 Å². The van der Waals surface area contributed by atoms with Crippen LogP contribution < -0.4 is 10.6 Å². The Morgan fingerprint density at radius 1 is 1.21 bits per heavy atom. The van der Waals surface area contributed by atoms with E-state index in [4.69, 9.17) is 0 Å². The summed E-state index contributed by atoms with van der Waals surface area (Å²) in [6, 6.07) is -0.196. The predicted octanol–water partition coefficient (Wildman–Crippen LogP) is 2.51. The molecule has 0 aromatic rings. The number of nitrogens with one attached hydrogen (secondary N) is 2. The fourth-order valence-corrected chi connectivity index (χ4v) is 2.74. The number of carboxylic acids is 1. The lowest BCUT2D eigenvalue weighted by Crippen LogP contribution is -2.58. The second-order valence-corrected chi connectivity index (χ2v) is 5.56. The Bertz CT molecular complexity index is 327. The monoisotopic (exact) mass is 270 g/mol. The van der Waals surface area contributed by atoms with Gasteiger partial charge in [-0.05, 0) is 31.6 Å². The van der Waals surface area contributed by atoms with Gasteiger partial charge in [-0.1, -0.05) is 33.6 Å². The van der Waals surface area contributed by atoms with Gasteiger partial charge >= 0.3 is 12.0 Å². The van der Waals surface area contributed by atoms with Crippen LogP contribution in [0.15, 0.2) is 0 Å². The normalized spacial score (nSPS) is 23.7. The summed E-state index contributed by atoms with van der Waals surface area (Å²) in [5, 5.41) is 14.9. The number of carbonyl (C=O) groups excluding carboxylic acids is 1. The molecule has 2 unspecified atom stereocenters. The molecule has 2 atom stereocenters. The zero-order chi connectivity index (χ0) is 14.5. The fourth-order valence-electron chi connectivity index (χ4n) is 2.74. The maximum absolute atomic E-state index is 12.0. The third-order valence-corrected chi connectivity index (χ3v) is 4.40. The summed E-state index contributed by atoms with van der Waals surface area (Å²) in [5.41, 5.74) is -1.15. The van der Waals surface area contributed by atoms with E-state index in [0.29, 0.717) is 18.8 Å². The van der Waals surface area contributed by atoms with E-state index in [1.807, 2.05) is 0 Å². The van der Waals surface area contributed by atoms with E-state index in [1.165, 1.54) is 6.42 Å². The first kappa shape index (κ1) is 15.8. The van der Waals surface area contributed by atoms with Crippen LogP contribution in [0.4, 0.5) is 4.79 Å². The molecule has 5 nitrogen and oxygen atoms in total. The minimum absolute atomic E-state index is 0.161. The minimum atomic E-state index is -1.15. The molecule has 1 aliphatic rings. The highest BCUT2D eigenvalue weighted by Crippen LogP contribution is 2.24. The highest BCUT2D eigenvalue weighted by molar-refractivity contribution is 5.86. The molecular formula is C14H26N2O3. The molecule has 0 saturated heterocycles. The number of carboxylic acid groups (broad SMARTS) is 1. The molecule has 0 aromatic heterocycles. The van der Waals surface area contributed by atoms with Crippen molar-refractivity contribution in [3.05, 3.63) is 0 Å². The van der Waals surface area contributed by atoms with E-state index >= 15 is 0 Å². The van der Waals surface area contributed by atoms with Gasteiger partial charge in [0, 0.05) is 6.04 Å². The molecule has 0 bridgehead atoms. The number of hydrogen-bond acceptors (Lipinski definition) is 2. The highest BCUT2D eigenvalue weighted by Gasteiger charge is 2.37. The van der Waals surface area contributed by atoms with Crippen LogP contribution in [0.1, 0.15) is 59.3 Å². The van der Waals surface area contributed by atoms with Crippen molar-refractivity contribution < 1.29 is 14.7 Å². The molecule has 0 aromatic carbocycles. The molecule has 19 heavy (non-hydrogen) atoms. The van der Waals surface area contributed by atoms with Crippen LogP contribution in [0.5, 0.6) is 0 Å². The third-order valence-electron chi connectivity index (χ3n) is 4.40. The maximum Gasteiger partial charge on any atom is 0.329 e. The summed E-state index contributed by atoms with van der Waals surface area (Å²) in [7, 11) is 0. The smallest absolute Gasteiger partial charge is 0.329 e. The first-order chi connectivity index (χ1) is 8.95. The quantitative estimate of drug-likeness (QED) is 0.718. The van der Waals surface area contributed by atoms with Gasteiger partial charge in [0.1, 0.15) is 5.54 Å². The standard InChI is InChI=1S/C14H26N2O3/c1-4-14(5-2,12(17)18)16-13(19)15-11-9-7-6-8-10(11)3/h10-11H,4-9H2,1-3H3,(H,17,18)(H2,15,16,19). The summed E-state index contributed by atoms with van der Waals surface area (Å²) in [4.78, 5) is 23.3. The molecule has 5 heteroatoms. The van der Waals surface area contributed by atoms with Gasteiger partial charge in [0.05, 0.1) is 0 Å². The van der Waals surface area contributed by atoms with E-state index < -0.39 is 11.5 Å². The summed E-state index contributed by atoms with van der Waals surface area (Å²) >= 11 is 0. The lowest BCUT2D eigenvalue weighted by Gasteiger charge is -2.33. The molecule has 0 spiro atoms. The van der Waals surface area contributed by atoms with E-state index in [9.17, 15) is 14.7 Å². The number of urea groups is 1. The van der Waals surface area contributed by atoms with Crippen molar-refractivity contribution in [1.82, 2.24) is 10.6 Å². The van der Waals surface area contributed by atoms with E-state index in [1.54, 1.807) is 13.8 Å². The van der Waals surface area contributed by atoms with Crippen molar-refractivity contribution in [3.63, 3.8) is 0 Å². The molecule has 0 aliphatic heterocycles. The molecule has 3 N–H and O–H groups in total. The minimum Gasteiger partial charge on any atom is -0.480 e. The van der Waals surface area contributed by atoms with E-state index in [0.717, 1.165) is 19.3 Å². The van der Waals surface area contributed by atoms with Gasteiger partial charge in [0.2, 0.25) is 0 Å². The SMILES string of the molecule is CCC(CC)(NC(=O)NC1CCCCC1C)C(=O)O. The Morgan fingerprint density at radius 2 is 1.79 bits per heavy atom. The van der Waals surface area contributed by atoms with Crippen LogP contribution in [-0.2, 0) is 4.79 Å². The Balaban J connectivity index is 2.60. The largest absolute Gasteiger partial charge is 0.480 e. The number of amides is 2. The number of hydrogen-bond donors (Lipinski definition) is 3. The average Bonchev–Trinajstić information content (AvgIpc) is 2.38. The molecular weight excluding hydrogens is 244 g/mol. The zero-order valence-corrected chi connectivity index (χ0v) is 12.2. The van der Waals surface area contributed by atoms with Crippen molar-refractivity contribution in [3.8, 4) is 0 Å². The van der Waals surface area contributed by atoms with Crippen LogP contribution in [0.25, 0.3) is 0 Å². The fraction of sp³-hybridized carbons (Fsp3) is 0.857. The number of rotatable bonds is 5. The van der Waals surface area contributed by atoms with Crippen LogP contribution in [0.2, 0.25) is 0 Å². The van der Waals surface area contributed by atoms with Gasteiger partial charge in [-0.2, -0.15) is 0 Å². The van der Waals surface area contributed by atoms with E-state index in [2.05, 4.69) is 17.6 Å². The molecule has 1 rings (SSSR count). The van der Waals surface area contributed by atoms with Crippen molar-refractivity contribution in [2.24, 2.45) is 5.92 Å². The van der Waals surface area contributed by atoms with Gasteiger partial charge in [-0.3, -0.25) is 0 Å². The maximum atomic E-state index is 12.0. The van der Waals surface area contributed by atoms with Crippen LogP contribution in [0.3, 0.4) is 0 Å². The van der Waals surface area contributed by atoms with Gasteiger partial charge in [-0.25, -0.2) is 9.59 Å². The first-order valence-corrected chi connectivity index (χ1v) is 7.27. The third kappa shape index (κ3) is 3.85. The highest BCUT2D eigenvalue weighted by atomic mass is 16.4. The lowest BCUT2D eigenvalue weighted by atomic mass is 9.86. The Hall–Kier alpha value is -1.26. The molecule has 2 amide bonds. The van der Waals surface area contributed by atoms with Gasteiger partial charge in [-0.15, -0.1) is 0 Å². The van der Waals surface area contributed by atoms with Gasteiger partial charge in [0.25, 0.3) is 0 Å². The number of aliphatic carboxylic acids is 1. The Morgan fingerprint density at radius 3 is 2.26 bits per heavy atom. The molecule has 1 fully saturated rings. The summed E-state index contributed by atoms with van der Waals surface area (Å²) in [6.45, 7) is 5.69. The molecule has 0 radical (unpaired) electrons. The second-order valence-electron chi connectivity index (χ2n) is 5.56. The number of carbonyl (C=O) groups is 2. The lowest BCUT2D eigenvalue weighted by molar-refractivity contribution is -0.144. The summed E-state index contributed by atoms with van der Waals surface area (Å²) in [5.74, 6) is -0.508.